The number of furan rings is 1. The third-order valence-electron chi connectivity index (χ3n) is 5.38. The number of piperazine rings is 1. The highest BCUT2D eigenvalue weighted by Gasteiger charge is 2.25. The van der Waals surface area contributed by atoms with Crippen LogP contribution >= 0.6 is 24.0 Å². The van der Waals surface area contributed by atoms with Crippen molar-refractivity contribution < 1.29 is 9.21 Å². The van der Waals surface area contributed by atoms with Gasteiger partial charge < -0.3 is 19.5 Å². The van der Waals surface area contributed by atoms with Crippen LogP contribution in [0.5, 0.6) is 0 Å². The second-order valence-corrected chi connectivity index (χ2v) is 7.79. The molecule has 1 N–H and O–H groups in total. The van der Waals surface area contributed by atoms with Crippen molar-refractivity contribution in [1.82, 2.24) is 29.9 Å². The Kier molecular flexibility index (Phi) is 8.48. The number of nitrogens with zero attached hydrogens (tertiary/aromatic N) is 6. The van der Waals surface area contributed by atoms with Crippen molar-refractivity contribution in [2.45, 2.75) is 27.3 Å². The number of nitrogens with one attached hydrogen (secondary N) is 1. The molecular formula is C23H30IN7O2. The minimum absolute atomic E-state index is 0. The van der Waals surface area contributed by atoms with Gasteiger partial charge in [-0.25, -0.2) is 14.7 Å². The minimum Gasteiger partial charge on any atom is -0.459 e. The van der Waals surface area contributed by atoms with E-state index in [1.807, 2.05) is 47.8 Å². The number of pyridine rings is 1. The number of aliphatic imine (C=N–C) groups is 1. The summed E-state index contributed by atoms with van der Waals surface area (Å²) in [5.41, 5.74) is 3.05. The predicted octanol–water partition coefficient (Wildman–Crippen LogP) is 3.02. The van der Waals surface area contributed by atoms with E-state index in [9.17, 15) is 4.79 Å². The highest BCUT2D eigenvalue weighted by atomic mass is 127. The van der Waals surface area contributed by atoms with Crippen molar-refractivity contribution in [3.8, 4) is 5.82 Å². The van der Waals surface area contributed by atoms with Crippen LogP contribution in [-0.4, -0.2) is 69.2 Å². The molecule has 1 fully saturated rings. The summed E-state index contributed by atoms with van der Waals surface area (Å²) in [5, 5.41) is 7.84. The van der Waals surface area contributed by atoms with Gasteiger partial charge in [-0.1, -0.05) is 6.07 Å². The van der Waals surface area contributed by atoms with Crippen molar-refractivity contribution in [2.75, 3.05) is 32.7 Å². The molecule has 4 heterocycles. The molecular weight excluding hydrogens is 533 g/mol. The summed E-state index contributed by atoms with van der Waals surface area (Å²) in [7, 11) is 0. The fraction of sp³-hybridized carbons (Fsp3) is 0.391. The highest BCUT2D eigenvalue weighted by Crippen LogP contribution is 2.12. The van der Waals surface area contributed by atoms with Crippen LogP contribution in [0.15, 0.2) is 52.2 Å². The van der Waals surface area contributed by atoms with Gasteiger partial charge >= 0.3 is 0 Å². The third-order valence-corrected chi connectivity index (χ3v) is 5.38. The van der Waals surface area contributed by atoms with Gasteiger partial charge in [0.15, 0.2) is 17.5 Å². The van der Waals surface area contributed by atoms with Gasteiger partial charge in [0.2, 0.25) is 0 Å². The summed E-state index contributed by atoms with van der Waals surface area (Å²) < 4.78 is 7.08. The number of aryl methyl sites for hydroxylation is 2. The Hall–Kier alpha value is -2.89. The molecule has 0 saturated carbocycles. The molecule has 3 aromatic heterocycles. The number of aromatic nitrogens is 3. The normalized spacial score (nSPS) is 14.2. The summed E-state index contributed by atoms with van der Waals surface area (Å²) in [6.45, 7) is 10.0. The number of amides is 1. The van der Waals surface area contributed by atoms with Gasteiger partial charge in [-0.05, 0) is 50.6 Å². The van der Waals surface area contributed by atoms with Gasteiger partial charge in [-0.3, -0.25) is 4.79 Å². The maximum absolute atomic E-state index is 12.5. The molecule has 1 amide bonds. The fourth-order valence-corrected chi connectivity index (χ4v) is 3.77. The van der Waals surface area contributed by atoms with Gasteiger partial charge in [0, 0.05) is 44.6 Å². The Labute approximate surface area is 210 Å². The molecule has 33 heavy (non-hydrogen) atoms. The molecule has 1 saturated heterocycles. The lowest BCUT2D eigenvalue weighted by Crippen LogP contribution is -2.53. The first-order valence-electron chi connectivity index (χ1n) is 10.9. The number of rotatable bonds is 5. The Morgan fingerprint density at radius 1 is 1.15 bits per heavy atom. The van der Waals surface area contributed by atoms with Crippen LogP contribution in [0.1, 0.15) is 34.4 Å². The predicted molar refractivity (Wildman–Crippen MR) is 137 cm³/mol. The second kappa shape index (κ2) is 11.3. The molecule has 10 heteroatoms. The van der Waals surface area contributed by atoms with E-state index in [1.165, 1.54) is 6.26 Å². The lowest BCUT2D eigenvalue weighted by atomic mass is 10.2. The van der Waals surface area contributed by atoms with E-state index < -0.39 is 0 Å². The van der Waals surface area contributed by atoms with Gasteiger partial charge in [0.1, 0.15) is 0 Å². The van der Waals surface area contributed by atoms with E-state index in [2.05, 4.69) is 27.2 Å². The first-order valence-corrected chi connectivity index (χ1v) is 10.9. The topological polar surface area (TPSA) is 91.8 Å². The molecule has 0 bridgehead atoms. The molecule has 1 aliphatic heterocycles. The van der Waals surface area contributed by atoms with Crippen molar-refractivity contribution in [3.63, 3.8) is 0 Å². The van der Waals surface area contributed by atoms with Crippen molar-refractivity contribution in [3.05, 3.63) is 65.5 Å². The molecule has 3 aromatic rings. The first kappa shape index (κ1) is 24.7. The summed E-state index contributed by atoms with van der Waals surface area (Å²) in [6.07, 6.45) is 3.37. The van der Waals surface area contributed by atoms with Crippen LogP contribution in [0.4, 0.5) is 0 Å². The van der Waals surface area contributed by atoms with E-state index in [0.29, 0.717) is 38.5 Å². The second-order valence-electron chi connectivity index (χ2n) is 7.79. The smallest absolute Gasteiger partial charge is 0.289 e. The molecule has 0 atom stereocenters. The van der Waals surface area contributed by atoms with Crippen LogP contribution in [-0.2, 0) is 6.54 Å². The third kappa shape index (κ3) is 5.92. The maximum atomic E-state index is 12.5. The SMILES string of the molecule is CCNC(=NCc1ccc(-n2nc(C)cc2C)nc1)N1CCN(C(=O)c2ccco2)CC1.I. The highest BCUT2D eigenvalue weighted by molar-refractivity contribution is 14.0. The largest absolute Gasteiger partial charge is 0.459 e. The summed E-state index contributed by atoms with van der Waals surface area (Å²) in [5.74, 6) is 1.97. The van der Waals surface area contributed by atoms with E-state index >= 15 is 0 Å². The molecule has 0 unspecified atom stereocenters. The lowest BCUT2D eigenvalue weighted by molar-refractivity contribution is 0.0657. The van der Waals surface area contributed by atoms with E-state index in [4.69, 9.17) is 9.41 Å². The molecule has 1 aliphatic rings. The van der Waals surface area contributed by atoms with E-state index in [-0.39, 0.29) is 29.9 Å². The summed E-state index contributed by atoms with van der Waals surface area (Å²) >= 11 is 0. The zero-order valence-electron chi connectivity index (χ0n) is 19.2. The number of halogens is 1. The Balaban J connectivity index is 0.00000306. The Morgan fingerprint density at radius 3 is 2.48 bits per heavy atom. The van der Waals surface area contributed by atoms with Crippen molar-refractivity contribution in [2.24, 2.45) is 4.99 Å². The summed E-state index contributed by atoms with van der Waals surface area (Å²) in [4.78, 5) is 25.8. The zero-order chi connectivity index (χ0) is 22.5. The number of hydrogen-bond acceptors (Lipinski definition) is 5. The maximum Gasteiger partial charge on any atom is 0.289 e. The lowest BCUT2D eigenvalue weighted by Gasteiger charge is -2.36. The number of carbonyl (C=O) groups excluding carboxylic acids is 1. The van der Waals surface area contributed by atoms with E-state index in [1.54, 1.807) is 12.1 Å². The Bertz CT molecular complexity index is 1070. The van der Waals surface area contributed by atoms with Crippen LogP contribution in [0.25, 0.3) is 5.82 Å². The monoisotopic (exact) mass is 563 g/mol. The first-order chi connectivity index (χ1) is 15.5. The molecule has 0 aliphatic carbocycles. The average molecular weight is 563 g/mol. The van der Waals surface area contributed by atoms with Gasteiger partial charge in [0.05, 0.1) is 18.5 Å². The molecule has 0 radical (unpaired) electrons. The van der Waals surface area contributed by atoms with Crippen LogP contribution in [0, 0.1) is 13.8 Å². The fourth-order valence-electron chi connectivity index (χ4n) is 3.77. The quantitative estimate of drug-likeness (QED) is 0.292. The number of hydrogen-bond donors (Lipinski definition) is 1. The molecule has 9 nitrogen and oxygen atoms in total. The number of guanidine groups is 1. The van der Waals surface area contributed by atoms with Crippen molar-refractivity contribution in [1.29, 1.82) is 0 Å². The van der Waals surface area contributed by atoms with Gasteiger partial charge in [0.25, 0.3) is 5.91 Å². The molecule has 4 rings (SSSR count). The van der Waals surface area contributed by atoms with E-state index in [0.717, 1.165) is 35.3 Å². The standard InChI is InChI=1S/C23H29N7O2.HI/c1-4-24-23(29-11-9-28(10-12-29)22(31)20-6-5-13-32-20)26-16-19-7-8-21(25-15-19)30-18(3)14-17(2)27-30;/h5-8,13-15H,4,9-12,16H2,1-3H3,(H,24,26);1H. The van der Waals surface area contributed by atoms with Gasteiger partial charge in [-0.15, -0.1) is 24.0 Å². The average Bonchev–Trinajstić information content (AvgIpc) is 3.46. The van der Waals surface area contributed by atoms with Gasteiger partial charge in [-0.2, -0.15) is 5.10 Å². The minimum atomic E-state index is -0.0645. The molecule has 176 valence electrons. The van der Waals surface area contributed by atoms with Crippen LogP contribution in [0.3, 0.4) is 0 Å². The number of carbonyl (C=O) groups is 1. The molecule has 0 spiro atoms. The molecule has 0 aromatic carbocycles. The van der Waals surface area contributed by atoms with Crippen LogP contribution < -0.4 is 5.32 Å². The van der Waals surface area contributed by atoms with Crippen LogP contribution in [0.2, 0.25) is 0 Å². The van der Waals surface area contributed by atoms with Crippen molar-refractivity contribution >= 4 is 35.8 Å². The summed E-state index contributed by atoms with van der Waals surface area (Å²) in [6, 6.07) is 9.47. The zero-order valence-corrected chi connectivity index (χ0v) is 21.5. The Morgan fingerprint density at radius 2 is 1.91 bits per heavy atom.